The highest BCUT2D eigenvalue weighted by atomic mass is 32.2. The normalized spacial score (nSPS) is 29.4. The van der Waals surface area contributed by atoms with Crippen LogP contribution in [0.1, 0.15) is 69.1 Å². The van der Waals surface area contributed by atoms with Gasteiger partial charge in [0.1, 0.15) is 23.7 Å². The fraction of sp³-hybridized carbons (Fsp3) is 0.571. The molecule has 6 rings (SSSR count). The van der Waals surface area contributed by atoms with E-state index in [2.05, 4.69) is 21.9 Å². The summed E-state index contributed by atoms with van der Waals surface area (Å²) in [5.74, 6) is -3.10. The third-order valence-corrected chi connectivity index (χ3v) is 12.0. The zero-order valence-corrected chi connectivity index (χ0v) is 29.2. The van der Waals surface area contributed by atoms with E-state index in [-0.39, 0.29) is 26.0 Å². The van der Waals surface area contributed by atoms with Gasteiger partial charge >= 0.3 is 12.2 Å². The Labute approximate surface area is 292 Å². The summed E-state index contributed by atoms with van der Waals surface area (Å²) in [5, 5.41) is 4.73. The Morgan fingerprint density at radius 3 is 2.66 bits per heavy atom. The minimum absolute atomic E-state index is 0.0756. The van der Waals surface area contributed by atoms with E-state index in [1.807, 2.05) is 30.4 Å². The molecule has 14 nitrogen and oxygen atoms in total. The molecule has 5 amide bonds. The number of alkyl carbamates (subject to hydrolysis) is 1. The Morgan fingerprint density at radius 2 is 1.96 bits per heavy atom. The number of hydrogen-bond donors (Lipinski definition) is 3. The fourth-order valence-electron chi connectivity index (χ4n) is 6.97. The molecule has 1 aromatic carbocycles. The molecule has 0 spiro atoms. The lowest BCUT2D eigenvalue weighted by Gasteiger charge is -2.31. The number of fused-ring (bicyclic) bond motifs is 3. The van der Waals surface area contributed by atoms with Crippen molar-refractivity contribution < 1.29 is 41.9 Å². The third-order valence-electron chi connectivity index (χ3n) is 10.2. The van der Waals surface area contributed by atoms with Gasteiger partial charge < -0.3 is 29.9 Å². The number of benzene rings is 1. The summed E-state index contributed by atoms with van der Waals surface area (Å²) in [4.78, 5) is 70.8. The monoisotopic (exact) mass is 711 g/mol. The Morgan fingerprint density at radius 1 is 1.18 bits per heavy atom. The van der Waals surface area contributed by atoms with E-state index < -0.39 is 80.7 Å². The number of cyclic esters (lactones) is 1. The van der Waals surface area contributed by atoms with Crippen molar-refractivity contribution in [3.8, 4) is 0 Å². The van der Waals surface area contributed by atoms with Crippen LogP contribution in [0.5, 0.6) is 0 Å². The lowest BCUT2D eigenvalue weighted by Crippen LogP contribution is -2.59. The zero-order valence-electron chi connectivity index (χ0n) is 28.4. The summed E-state index contributed by atoms with van der Waals surface area (Å²) in [6.45, 7) is 7.97. The van der Waals surface area contributed by atoms with Crippen LogP contribution in [0.15, 0.2) is 36.9 Å². The number of nitrogens with zero attached hydrogens (tertiary/aromatic N) is 2. The van der Waals surface area contributed by atoms with E-state index in [1.54, 1.807) is 18.7 Å². The molecule has 2 saturated carbocycles. The maximum Gasteiger partial charge on any atom is 0.410 e. The van der Waals surface area contributed by atoms with Crippen LogP contribution in [0, 0.1) is 11.8 Å². The van der Waals surface area contributed by atoms with Gasteiger partial charge in [0.2, 0.25) is 21.8 Å². The summed E-state index contributed by atoms with van der Waals surface area (Å²) in [5.41, 5.74) is 1.56. The standard InChI is InChI=1S/C35H45N5O9S/c1-4-24-18-35(24,32(43)38-50(46,47)26-12-13-26)37-30(41)28-17-25-19-40(28)31(42)29(21(2)3)36-33(44)48-16-7-5-6-9-22-10-8-11-23-14-15-39(20-27(22)23)34(45)49-25/h4,6,8-11,21,24-26,28-29H,1,5,7,12-20H2,2-3H3,(H,36,44)(H,37,41)(H,38,43)/b9-6+/t24-,25-,28+,29+,35-/m1/s1. The average Bonchev–Trinajstić information content (AvgIpc) is 4.01. The van der Waals surface area contributed by atoms with Crippen LogP contribution in [-0.2, 0) is 46.8 Å². The number of rotatable bonds is 7. The van der Waals surface area contributed by atoms with Crippen molar-refractivity contribution in [3.63, 3.8) is 0 Å². The molecule has 3 N–H and O–H groups in total. The molecular formula is C35H45N5O9S. The second-order valence-corrected chi connectivity index (χ2v) is 16.1. The van der Waals surface area contributed by atoms with E-state index in [4.69, 9.17) is 9.47 Å². The van der Waals surface area contributed by atoms with Gasteiger partial charge in [-0.2, -0.15) is 0 Å². The summed E-state index contributed by atoms with van der Waals surface area (Å²) < 4.78 is 38.7. The highest BCUT2D eigenvalue weighted by molar-refractivity contribution is 7.91. The van der Waals surface area contributed by atoms with Gasteiger partial charge in [-0.1, -0.05) is 50.3 Å². The van der Waals surface area contributed by atoms with Crippen molar-refractivity contribution >= 4 is 46.0 Å². The van der Waals surface area contributed by atoms with Crippen molar-refractivity contribution in [1.29, 1.82) is 0 Å². The first kappa shape index (κ1) is 35.4. The molecule has 0 radical (unpaired) electrons. The smallest absolute Gasteiger partial charge is 0.410 e. The van der Waals surface area contributed by atoms with Crippen LogP contribution in [0.4, 0.5) is 9.59 Å². The van der Waals surface area contributed by atoms with E-state index in [1.165, 1.54) is 11.0 Å². The predicted octanol–water partition coefficient (Wildman–Crippen LogP) is 2.38. The predicted molar refractivity (Wildman–Crippen MR) is 182 cm³/mol. The number of carbonyl (C=O) groups is 5. The Kier molecular flexibility index (Phi) is 9.98. The molecule has 0 aromatic heterocycles. The largest absolute Gasteiger partial charge is 0.450 e. The summed E-state index contributed by atoms with van der Waals surface area (Å²) >= 11 is 0. The summed E-state index contributed by atoms with van der Waals surface area (Å²) in [6.07, 6.45) is 6.02. The van der Waals surface area contributed by atoms with Crippen LogP contribution in [0.2, 0.25) is 0 Å². The van der Waals surface area contributed by atoms with E-state index in [0.717, 1.165) is 16.7 Å². The molecule has 50 heavy (non-hydrogen) atoms. The van der Waals surface area contributed by atoms with Gasteiger partial charge in [0, 0.05) is 25.4 Å². The minimum Gasteiger partial charge on any atom is -0.450 e. The maximum absolute atomic E-state index is 14.1. The molecular weight excluding hydrogens is 666 g/mol. The molecule has 0 unspecified atom stereocenters. The van der Waals surface area contributed by atoms with Crippen molar-refractivity contribution in [1.82, 2.24) is 25.2 Å². The second-order valence-electron chi connectivity index (χ2n) is 14.1. The van der Waals surface area contributed by atoms with Crippen LogP contribution in [0.3, 0.4) is 0 Å². The Bertz CT molecular complexity index is 1710. The maximum atomic E-state index is 14.1. The van der Waals surface area contributed by atoms with Gasteiger partial charge in [0.25, 0.3) is 5.91 Å². The molecule has 3 heterocycles. The number of hydrogen-bond acceptors (Lipinski definition) is 9. The SMILES string of the molecule is C=C[C@@H]1C[C@]1(NC(=O)[C@@H]1C[C@@H]2CN1C(=O)[C@H](C(C)C)NC(=O)OCCC/C=C/c1cccc3c1CN(CC3)C(=O)O2)C(=O)NS(=O)(=O)C1CC1. The molecule has 5 aliphatic rings. The molecule has 3 aliphatic heterocycles. The first-order valence-corrected chi connectivity index (χ1v) is 18.8. The van der Waals surface area contributed by atoms with Crippen molar-refractivity contribution in [2.75, 3.05) is 19.7 Å². The molecule has 15 heteroatoms. The summed E-state index contributed by atoms with van der Waals surface area (Å²) in [6, 6.07) is 3.73. The van der Waals surface area contributed by atoms with Gasteiger partial charge in [-0.05, 0) is 61.1 Å². The van der Waals surface area contributed by atoms with Crippen LogP contribution in [0.25, 0.3) is 6.08 Å². The second kappa shape index (κ2) is 14.1. The Hall–Kier alpha value is -4.40. The van der Waals surface area contributed by atoms with Gasteiger partial charge in [0.05, 0.1) is 18.4 Å². The number of ether oxygens (including phenoxy) is 2. The molecule has 1 aromatic rings. The van der Waals surface area contributed by atoms with Gasteiger partial charge in [-0.3, -0.25) is 19.1 Å². The zero-order chi connectivity index (χ0) is 35.8. The van der Waals surface area contributed by atoms with Crippen molar-refractivity contribution in [2.24, 2.45) is 11.8 Å². The number of sulfonamides is 1. The number of amides is 5. The van der Waals surface area contributed by atoms with Crippen LogP contribution >= 0.6 is 0 Å². The first-order valence-electron chi connectivity index (χ1n) is 17.3. The highest BCUT2D eigenvalue weighted by Gasteiger charge is 2.62. The number of carbonyl (C=O) groups excluding carboxylic acids is 5. The summed E-state index contributed by atoms with van der Waals surface area (Å²) in [7, 11) is -3.90. The topological polar surface area (TPSA) is 181 Å². The third kappa shape index (κ3) is 7.37. The van der Waals surface area contributed by atoms with Gasteiger partial charge in [0.15, 0.2) is 0 Å². The molecule has 270 valence electrons. The van der Waals surface area contributed by atoms with Crippen LogP contribution in [-0.4, -0.2) is 96.8 Å². The first-order chi connectivity index (χ1) is 23.8. The number of nitrogens with one attached hydrogen (secondary N) is 3. The Balaban J connectivity index is 1.26. The highest BCUT2D eigenvalue weighted by Crippen LogP contribution is 2.45. The van der Waals surface area contributed by atoms with E-state index >= 15 is 0 Å². The van der Waals surface area contributed by atoms with Crippen molar-refractivity contribution in [2.45, 2.75) is 94.3 Å². The minimum atomic E-state index is -3.90. The average molecular weight is 712 g/mol. The van der Waals surface area contributed by atoms with Gasteiger partial charge in [-0.15, -0.1) is 6.58 Å². The lowest BCUT2D eigenvalue weighted by atomic mass is 9.94. The van der Waals surface area contributed by atoms with E-state index in [9.17, 15) is 32.4 Å². The molecule has 4 bridgehead atoms. The molecule has 5 atom stereocenters. The molecule has 3 fully saturated rings. The van der Waals surface area contributed by atoms with Crippen molar-refractivity contribution in [3.05, 3.63) is 53.6 Å². The quantitative estimate of drug-likeness (QED) is 0.358. The molecule has 1 saturated heterocycles. The van der Waals surface area contributed by atoms with E-state index in [0.29, 0.717) is 45.2 Å². The van der Waals surface area contributed by atoms with Gasteiger partial charge in [-0.25, -0.2) is 18.0 Å². The fourth-order valence-corrected chi connectivity index (χ4v) is 8.33. The molecule has 2 aliphatic carbocycles. The number of allylic oxidation sites excluding steroid dienone is 1. The van der Waals surface area contributed by atoms with Crippen LogP contribution < -0.4 is 15.4 Å². The lowest BCUT2D eigenvalue weighted by molar-refractivity contribution is -0.141.